The highest BCUT2D eigenvalue weighted by Crippen LogP contribution is 1.96. The van der Waals surface area contributed by atoms with Gasteiger partial charge in [0.1, 0.15) is 12.1 Å². The molecule has 0 aliphatic heterocycles. The molecule has 6 N–H and O–H groups in total. The van der Waals surface area contributed by atoms with Crippen molar-refractivity contribution in [2.75, 3.05) is 17.3 Å². The summed E-state index contributed by atoms with van der Waals surface area (Å²) in [6.07, 6.45) is 0.385. The first-order valence-electron chi connectivity index (χ1n) is 5.85. The lowest BCUT2D eigenvalue weighted by atomic mass is 10.2. The van der Waals surface area contributed by atoms with Crippen molar-refractivity contribution in [2.45, 2.75) is 24.5 Å². The van der Waals surface area contributed by atoms with E-state index in [0.717, 1.165) is 0 Å². The molecule has 0 unspecified atom stereocenters. The van der Waals surface area contributed by atoms with Crippen LogP contribution in [-0.2, 0) is 14.4 Å². The number of nitrogens with two attached hydrogens (primary N) is 2. The second kappa shape index (κ2) is 10.2. The van der Waals surface area contributed by atoms with E-state index in [1.165, 1.54) is 0 Å². The molecular weight excluding hydrogens is 320 g/mol. The maximum Gasteiger partial charge on any atom is 0.244 e. The number of carbonyl (C=O) groups is 3. The molecule has 0 bridgehead atoms. The molecule has 0 aromatic rings. The molecule has 0 heterocycles. The Morgan fingerprint density at radius 3 is 1.85 bits per heavy atom. The van der Waals surface area contributed by atoms with E-state index in [2.05, 4.69) is 48.5 Å². The Morgan fingerprint density at radius 2 is 1.45 bits per heavy atom. The van der Waals surface area contributed by atoms with E-state index in [-0.39, 0.29) is 11.5 Å². The van der Waals surface area contributed by atoms with E-state index in [0.29, 0.717) is 12.2 Å². The van der Waals surface area contributed by atoms with Crippen molar-refractivity contribution in [3.05, 3.63) is 0 Å². The minimum atomic E-state index is -0.906. The third-order valence-corrected chi connectivity index (χ3v) is 3.42. The molecular formula is C10H20N4O3S3. The summed E-state index contributed by atoms with van der Waals surface area (Å²) < 4.78 is 0. The fourth-order valence-corrected chi connectivity index (χ4v) is 2.03. The molecule has 0 aromatic heterocycles. The molecule has 0 aliphatic rings. The summed E-state index contributed by atoms with van der Waals surface area (Å²) in [5.74, 6) is -1.17. The third kappa shape index (κ3) is 6.73. The van der Waals surface area contributed by atoms with Crippen LogP contribution in [-0.4, -0.2) is 53.1 Å². The van der Waals surface area contributed by atoms with Gasteiger partial charge in [0.25, 0.3) is 0 Å². The highest BCUT2D eigenvalue weighted by molar-refractivity contribution is 7.80. The normalized spacial score (nSPS) is 15.0. The van der Waals surface area contributed by atoms with Gasteiger partial charge in [-0.2, -0.15) is 37.9 Å². The highest BCUT2D eigenvalue weighted by Gasteiger charge is 2.25. The van der Waals surface area contributed by atoms with Gasteiger partial charge in [0, 0.05) is 11.5 Å². The molecule has 7 nitrogen and oxygen atoms in total. The standard InChI is InChI=1S/C10H20N4O3S3/c11-5(1-2-18)9(16)14-7(4-20)10(17)13-6(3-19)8(12)15/h5-7,18-20H,1-4,11H2,(H2,12,15)(H,13,17)(H,14,16)/t5-,6-,7-/m0/s1. The van der Waals surface area contributed by atoms with E-state index in [4.69, 9.17) is 11.5 Å². The second-order valence-electron chi connectivity index (χ2n) is 4.01. The summed E-state index contributed by atoms with van der Waals surface area (Å²) in [6, 6.07) is -2.56. The fourth-order valence-electron chi connectivity index (χ4n) is 1.22. The first-order chi connectivity index (χ1) is 9.37. The second-order valence-corrected chi connectivity index (χ2v) is 5.19. The molecule has 0 fully saturated rings. The summed E-state index contributed by atoms with van der Waals surface area (Å²) in [6.45, 7) is 0. The minimum Gasteiger partial charge on any atom is -0.368 e. The molecule has 0 spiro atoms. The van der Waals surface area contributed by atoms with Gasteiger partial charge in [-0.3, -0.25) is 14.4 Å². The van der Waals surface area contributed by atoms with Crippen LogP contribution < -0.4 is 22.1 Å². The maximum atomic E-state index is 11.9. The summed E-state index contributed by atoms with van der Waals surface area (Å²) in [5, 5.41) is 4.84. The largest absolute Gasteiger partial charge is 0.368 e. The SMILES string of the molecule is NC(=O)[C@H](CS)NC(=O)[C@H](CS)NC(=O)[C@@H](N)CCS. The Bertz CT molecular complexity index is 357. The molecule has 0 rings (SSSR count). The lowest BCUT2D eigenvalue weighted by Crippen LogP contribution is -2.56. The summed E-state index contributed by atoms with van der Waals surface area (Å²) in [5.41, 5.74) is 10.7. The Kier molecular flexibility index (Phi) is 9.90. The Hall–Kier alpha value is -0.580. The average molecular weight is 340 g/mol. The maximum absolute atomic E-state index is 11.9. The van der Waals surface area contributed by atoms with Crippen molar-refractivity contribution >= 4 is 55.6 Å². The smallest absolute Gasteiger partial charge is 0.244 e. The number of nitrogens with one attached hydrogen (secondary N) is 2. The fraction of sp³-hybridized carbons (Fsp3) is 0.700. The highest BCUT2D eigenvalue weighted by atomic mass is 32.1. The lowest BCUT2D eigenvalue weighted by Gasteiger charge is -2.21. The predicted octanol–water partition coefficient (Wildman–Crippen LogP) is -2.05. The predicted molar refractivity (Wildman–Crippen MR) is 87.2 cm³/mol. The topological polar surface area (TPSA) is 127 Å². The van der Waals surface area contributed by atoms with Crippen LogP contribution in [0.3, 0.4) is 0 Å². The molecule has 116 valence electrons. The molecule has 10 heteroatoms. The van der Waals surface area contributed by atoms with Gasteiger partial charge in [0.2, 0.25) is 17.7 Å². The van der Waals surface area contributed by atoms with Gasteiger partial charge in [0.05, 0.1) is 6.04 Å². The van der Waals surface area contributed by atoms with Crippen LogP contribution in [0.15, 0.2) is 0 Å². The monoisotopic (exact) mass is 340 g/mol. The van der Waals surface area contributed by atoms with Gasteiger partial charge in [-0.25, -0.2) is 0 Å². The van der Waals surface area contributed by atoms with Crippen LogP contribution in [0.25, 0.3) is 0 Å². The van der Waals surface area contributed by atoms with Crippen molar-refractivity contribution in [1.29, 1.82) is 0 Å². The van der Waals surface area contributed by atoms with E-state index in [9.17, 15) is 14.4 Å². The summed E-state index contributed by atoms with van der Waals surface area (Å²) in [7, 11) is 0. The lowest BCUT2D eigenvalue weighted by molar-refractivity contribution is -0.130. The molecule has 3 atom stereocenters. The van der Waals surface area contributed by atoms with Gasteiger partial charge in [-0.1, -0.05) is 0 Å². The first-order valence-corrected chi connectivity index (χ1v) is 7.75. The zero-order valence-electron chi connectivity index (χ0n) is 10.8. The summed E-state index contributed by atoms with van der Waals surface area (Å²) >= 11 is 11.9. The number of hydrogen-bond acceptors (Lipinski definition) is 7. The van der Waals surface area contributed by atoms with E-state index in [1.807, 2.05) is 0 Å². The Morgan fingerprint density at radius 1 is 0.950 bits per heavy atom. The van der Waals surface area contributed by atoms with Crippen LogP contribution in [0.2, 0.25) is 0 Å². The van der Waals surface area contributed by atoms with Crippen LogP contribution in [0, 0.1) is 0 Å². The molecule has 20 heavy (non-hydrogen) atoms. The minimum absolute atomic E-state index is 0.0588. The van der Waals surface area contributed by atoms with Crippen LogP contribution in [0.5, 0.6) is 0 Å². The Labute approximate surface area is 134 Å². The zero-order valence-corrected chi connectivity index (χ0v) is 13.5. The van der Waals surface area contributed by atoms with Crippen LogP contribution in [0.4, 0.5) is 0 Å². The Balaban J connectivity index is 4.55. The zero-order chi connectivity index (χ0) is 15.7. The van der Waals surface area contributed by atoms with Crippen LogP contribution in [0.1, 0.15) is 6.42 Å². The number of thiol groups is 3. The van der Waals surface area contributed by atoms with Gasteiger partial charge < -0.3 is 22.1 Å². The molecule has 0 aromatic carbocycles. The van der Waals surface area contributed by atoms with E-state index >= 15 is 0 Å². The number of primary amides is 1. The quantitative estimate of drug-likeness (QED) is 0.244. The molecule has 0 saturated heterocycles. The van der Waals surface area contributed by atoms with Gasteiger partial charge >= 0.3 is 0 Å². The van der Waals surface area contributed by atoms with Crippen molar-refractivity contribution < 1.29 is 14.4 Å². The van der Waals surface area contributed by atoms with Crippen molar-refractivity contribution in [1.82, 2.24) is 10.6 Å². The third-order valence-electron chi connectivity index (χ3n) is 2.43. The number of carbonyl (C=O) groups excluding carboxylic acids is 3. The van der Waals surface area contributed by atoms with Crippen molar-refractivity contribution in [2.24, 2.45) is 11.5 Å². The van der Waals surface area contributed by atoms with Gasteiger partial charge in [0.15, 0.2) is 0 Å². The average Bonchev–Trinajstić information content (AvgIpc) is 2.41. The number of rotatable bonds is 9. The molecule has 0 radical (unpaired) electrons. The van der Waals surface area contributed by atoms with Gasteiger partial charge in [-0.15, -0.1) is 0 Å². The van der Waals surface area contributed by atoms with Gasteiger partial charge in [-0.05, 0) is 12.2 Å². The molecule has 3 amide bonds. The van der Waals surface area contributed by atoms with E-state index < -0.39 is 35.8 Å². The summed E-state index contributed by atoms with van der Waals surface area (Å²) in [4.78, 5) is 34.6. The van der Waals surface area contributed by atoms with Crippen molar-refractivity contribution in [3.8, 4) is 0 Å². The molecule has 0 aliphatic carbocycles. The number of amides is 3. The number of hydrogen-bond donors (Lipinski definition) is 7. The van der Waals surface area contributed by atoms with E-state index in [1.54, 1.807) is 0 Å². The van der Waals surface area contributed by atoms with Crippen LogP contribution >= 0.6 is 37.9 Å². The van der Waals surface area contributed by atoms with Crippen molar-refractivity contribution in [3.63, 3.8) is 0 Å². The molecule has 0 saturated carbocycles. The first kappa shape index (κ1) is 19.4.